The first kappa shape index (κ1) is 18.1. The fourth-order valence-corrected chi connectivity index (χ4v) is 4.67. The number of allylic oxidation sites excluding steroid dienone is 1. The number of piperidine rings is 2. The van der Waals surface area contributed by atoms with Gasteiger partial charge in [0.25, 0.3) is 0 Å². The number of carbonyl (C=O) groups excluding carboxylic acids is 1. The summed E-state index contributed by atoms with van der Waals surface area (Å²) in [5, 5.41) is 7.03. The van der Waals surface area contributed by atoms with Gasteiger partial charge in [0.15, 0.2) is 0 Å². The summed E-state index contributed by atoms with van der Waals surface area (Å²) in [5.41, 5.74) is 3.40. The molecule has 0 radical (unpaired) electrons. The Hall–Kier alpha value is -2.27. The number of urea groups is 1. The van der Waals surface area contributed by atoms with Gasteiger partial charge in [-0.05, 0) is 75.4 Å². The number of carbonyl (C=O) groups is 1. The molecule has 5 heteroatoms. The second kappa shape index (κ2) is 8.17. The van der Waals surface area contributed by atoms with Gasteiger partial charge in [-0.15, -0.1) is 0 Å². The van der Waals surface area contributed by atoms with Crippen LogP contribution in [0.3, 0.4) is 0 Å². The number of benzene rings is 1. The zero-order valence-electron chi connectivity index (χ0n) is 16.1. The Morgan fingerprint density at radius 1 is 1.30 bits per heavy atom. The minimum atomic E-state index is -0.167. The highest BCUT2D eigenvalue weighted by atomic mass is 16.2. The number of hydrogen-bond acceptors (Lipinski definition) is 2. The molecule has 27 heavy (non-hydrogen) atoms. The molecular formula is C22H30N4O. The molecule has 0 aliphatic carbocycles. The van der Waals surface area contributed by atoms with Crippen LogP contribution in [-0.2, 0) is 0 Å². The van der Waals surface area contributed by atoms with E-state index in [9.17, 15) is 4.79 Å². The molecule has 2 unspecified atom stereocenters. The van der Waals surface area contributed by atoms with Crippen molar-refractivity contribution in [2.75, 3.05) is 25.0 Å². The van der Waals surface area contributed by atoms with Crippen LogP contribution in [0.4, 0.5) is 10.5 Å². The first-order valence-corrected chi connectivity index (χ1v) is 10.3. The average Bonchev–Trinajstić information content (AvgIpc) is 3.11. The lowest BCUT2D eigenvalue weighted by Gasteiger charge is -2.42. The number of amides is 2. The van der Waals surface area contributed by atoms with Crippen molar-refractivity contribution in [2.24, 2.45) is 0 Å². The van der Waals surface area contributed by atoms with E-state index in [0.29, 0.717) is 12.5 Å². The summed E-state index contributed by atoms with van der Waals surface area (Å²) in [6, 6.07) is 6.72. The van der Waals surface area contributed by atoms with E-state index in [2.05, 4.69) is 38.8 Å². The van der Waals surface area contributed by atoms with Crippen LogP contribution in [-0.4, -0.2) is 41.6 Å². The highest BCUT2D eigenvalue weighted by molar-refractivity contribution is 5.94. The van der Waals surface area contributed by atoms with Gasteiger partial charge in [-0.2, -0.15) is 0 Å². The van der Waals surface area contributed by atoms with Gasteiger partial charge < -0.3 is 20.5 Å². The largest absolute Gasteiger partial charge is 0.361 e. The molecule has 2 fully saturated rings. The molecule has 2 saturated heterocycles. The van der Waals surface area contributed by atoms with Gasteiger partial charge in [0.1, 0.15) is 0 Å². The average molecular weight is 367 g/mol. The van der Waals surface area contributed by atoms with E-state index in [0.717, 1.165) is 17.2 Å². The van der Waals surface area contributed by atoms with Crippen molar-refractivity contribution in [3.8, 4) is 0 Å². The molecule has 3 N–H and O–H groups in total. The molecule has 2 aromatic rings. The first-order chi connectivity index (χ1) is 13.2. The fraction of sp³-hybridized carbons (Fsp3) is 0.500. The minimum Gasteiger partial charge on any atom is -0.361 e. The van der Waals surface area contributed by atoms with Crippen LogP contribution in [0.15, 0.2) is 36.5 Å². The van der Waals surface area contributed by atoms with Gasteiger partial charge in [0.05, 0.1) is 0 Å². The molecule has 144 valence electrons. The lowest BCUT2D eigenvalue weighted by atomic mass is 9.82. The normalized spacial score (nSPS) is 23.4. The molecule has 5 nitrogen and oxygen atoms in total. The van der Waals surface area contributed by atoms with Gasteiger partial charge >= 0.3 is 6.03 Å². The number of aromatic nitrogens is 1. The number of nitrogens with zero attached hydrogens (tertiary/aromatic N) is 1. The van der Waals surface area contributed by atoms with E-state index in [-0.39, 0.29) is 6.03 Å². The fourth-order valence-electron chi connectivity index (χ4n) is 4.67. The van der Waals surface area contributed by atoms with Crippen molar-refractivity contribution >= 4 is 22.6 Å². The summed E-state index contributed by atoms with van der Waals surface area (Å²) in [6.07, 6.45) is 12.6. The molecule has 1 aromatic heterocycles. The predicted octanol–water partition coefficient (Wildman–Crippen LogP) is 4.60. The van der Waals surface area contributed by atoms with Crippen molar-refractivity contribution in [3.63, 3.8) is 0 Å². The molecule has 0 spiro atoms. The molecule has 2 amide bonds. The maximum Gasteiger partial charge on any atom is 0.319 e. The molecular weight excluding hydrogens is 336 g/mol. The number of hydrogen-bond donors (Lipinski definition) is 3. The van der Waals surface area contributed by atoms with E-state index in [4.69, 9.17) is 0 Å². The Labute approximate surface area is 161 Å². The zero-order chi connectivity index (χ0) is 18.6. The number of rotatable bonds is 4. The molecule has 2 aliphatic heterocycles. The van der Waals surface area contributed by atoms with Crippen LogP contribution in [0.5, 0.6) is 0 Å². The molecule has 0 saturated carbocycles. The maximum absolute atomic E-state index is 12.0. The molecule has 3 heterocycles. The lowest BCUT2D eigenvalue weighted by Crippen LogP contribution is -2.44. The number of aromatic amines is 1. The van der Waals surface area contributed by atoms with E-state index >= 15 is 0 Å². The van der Waals surface area contributed by atoms with Crippen molar-refractivity contribution < 1.29 is 4.79 Å². The van der Waals surface area contributed by atoms with Crippen molar-refractivity contribution in [3.05, 3.63) is 42.1 Å². The van der Waals surface area contributed by atoms with Gasteiger partial charge in [0.2, 0.25) is 0 Å². The summed E-state index contributed by atoms with van der Waals surface area (Å²) >= 11 is 0. The van der Waals surface area contributed by atoms with E-state index in [1.165, 1.54) is 56.1 Å². The summed E-state index contributed by atoms with van der Waals surface area (Å²) in [7, 11) is 0. The standard InChI is InChI=1S/C22H30N4O/c1-2-3-10-23-22(27)25-17-7-8-21-19(14-17)20(15-24-21)16-9-12-26-11-5-4-6-18(26)13-16/h2-3,7-8,14-16,18,24H,4-6,9-13H2,1H3,(H2,23,25,27)/b3-2+. The van der Waals surface area contributed by atoms with Gasteiger partial charge in [-0.25, -0.2) is 4.79 Å². The SMILES string of the molecule is C/C=C/CNC(=O)Nc1ccc2[nH]cc(C3CCN4CCCCC4C3)c2c1. The van der Waals surface area contributed by atoms with E-state index < -0.39 is 0 Å². The third-order valence-corrected chi connectivity index (χ3v) is 6.10. The van der Waals surface area contributed by atoms with Crippen molar-refractivity contribution in [1.29, 1.82) is 0 Å². The summed E-state index contributed by atoms with van der Waals surface area (Å²) < 4.78 is 0. The third kappa shape index (κ3) is 4.03. The zero-order valence-corrected chi connectivity index (χ0v) is 16.1. The van der Waals surface area contributed by atoms with Gasteiger partial charge in [-0.1, -0.05) is 18.6 Å². The quantitative estimate of drug-likeness (QED) is 0.693. The molecule has 0 bridgehead atoms. The second-order valence-electron chi connectivity index (χ2n) is 7.82. The first-order valence-electron chi connectivity index (χ1n) is 10.3. The second-order valence-corrected chi connectivity index (χ2v) is 7.82. The van der Waals surface area contributed by atoms with Crippen LogP contribution in [0.25, 0.3) is 10.9 Å². The van der Waals surface area contributed by atoms with Crippen molar-refractivity contribution in [1.82, 2.24) is 15.2 Å². The van der Waals surface area contributed by atoms with Crippen molar-refractivity contribution in [2.45, 2.75) is 51.0 Å². The smallest absolute Gasteiger partial charge is 0.319 e. The van der Waals surface area contributed by atoms with Gasteiger partial charge in [0, 0.05) is 35.4 Å². The maximum atomic E-state index is 12.0. The Kier molecular flexibility index (Phi) is 5.48. The van der Waals surface area contributed by atoms with Crippen LogP contribution in [0, 0.1) is 0 Å². The van der Waals surface area contributed by atoms with Crippen LogP contribution in [0.2, 0.25) is 0 Å². The Bertz CT molecular complexity index is 825. The minimum absolute atomic E-state index is 0.167. The number of nitrogens with one attached hydrogen (secondary N) is 3. The third-order valence-electron chi connectivity index (χ3n) is 6.10. The Balaban J connectivity index is 1.49. The number of fused-ring (bicyclic) bond motifs is 2. The van der Waals surface area contributed by atoms with Gasteiger partial charge in [-0.3, -0.25) is 0 Å². The van der Waals surface area contributed by atoms with Crippen LogP contribution < -0.4 is 10.6 Å². The van der Waals surface area contributed by atoms with Crippen LogP contribution >= 0.6 is 0 Å². The Morgan fingerprint density at radius 2 is 2.22 bits per heavy atom. The Morgan fingerprint density at radius 3 is 3.11 bits per heavy atom. The molecule has 1 aromatic carbocycles. The monoisotopic (exact) mass is 366 g/mol. The lowest BCUT2D eigenvalue weighted by molar-refractivity contribution is 0.0977. The summed E-state index contributed by atoms with van der Waals surface area (Å²) in [4.78, 5) is 18.2. The summed E-state index contributed by atoms with van der Waals surface area (Å²) in [5.74, 6) is 0.608. The number of anilines is 1. The van der Waals surface area contributed by atoms with E-state index in [1.807, 2.05) is 25.1 Å². The highest BCUT2D eigenvalue weighted by Gasteiger charge is 2.31. The molecule has 2 aliphatic rings. The van der Waals surface area contributed by atoms with E-state index in [1.54, 1.807) is 0 Å². The summed E-state index contributed by atoms with van der Waals surface area (Å²) in [6.45, 7) is 4.98. The highest BCUT2D eigenvalue weighted by Crippen LogP contribution is 2.38. The predicted molar refractivity (Wildman–Crippen MR) is 111 cm³/mol. The number of H-pyrrole nitrogens is 1. The van der Waals surface area contributed by atoms with Crippen LogP contribution in [0.1, 0.15) is 50.5 Å². The molecule has 4 rings (SSSR count). The molecule has 2 atom stereocenters. The topological polar surface area (TPSA) is 60.2 Å².